The average molecular weight is 237 g/mol. The second-order valence-corrected chi connectivity index (χ2v) is 4.47. The van der Waals surface area contributed by atoms with Gasteiger partial charge in [0.2, 0.25) is 0 Å². The first kappa shape index (κ1) is 14.0. The third-order valence-electron chi connectivity index (χ3n) is 2.85. The molecule has 0 spiro atoms. The van der Waals surface area contributed by atoms with Crippen LogP contribution in [-0.2, 0) is 0 Å². The number of nitrogens with zero attached hydrogens (tertiary/aromatic N) is 1. The van der Waals surface area contributed by atoms with Gasteiger partial charge >= 0.3 is 0 Å². The van der Waals surface area contributed by atoms with Gasteiger partial charge in [-0.2, -0.15) is 0 Å². The molecule has 3 nitrogen and oxygen atoms in total. The highest BCUT2D eigenvalue weighted by atomic mass is 16.5. The van der Waals surface area contributed by atoms with E-state index in [1.54, 1.807) is 0 Å². The molecule has 1 atom stereocenters. The fourth-order valence-corrected chi connectivity index (χ4v) is 2.03. The molecule has 0 aromatic heterocycles. The molecule has 0 heterocycles. The van der Waals surface area contributed by atoms with Crippen LogP contribution in [0.3, 0.4) is 0 Å². The molecule has 0 saturated carbocycles. The number of ether oxygens (including phenoxy) is 1. The number of hydrogen-bond donors (Lipinski definition) is 1. The summed E-state index contributed by atoms with van der Waals surface area (Å²) in [6, 6.07) is 6.41. The van der Waals surface area contributed by atoms with E-state index in [1.165, 1.54) is 5.56 Å². The minimum Gasteiger partial charge on any atom is -0.494 e. The van der Waals surface area contributed by atoms with Gasteiger partial charge in [0.1, 0.15) is 5.75 Å². The van der Waals surface area contributed by atoms with Gasteiger partial charge in [-0.05, 0) is 40.4 Å². The highest BCUT2D eigenvalue weighted by Gasteiger charge is 2.18. The predicted molar refractivity (Wildman–Crippen MR) is 70.5 cm³/mol. The molecule has 1 unspecified atom stereocenters. The van der Waals surface area contributed by atoms with Crippen molar-refractivity contribution in [3.8, 4) is 5.75 Å². The van der Waals surface area contributed by atoms with Gasteiger partial charge in [0.25, 0.3) is 0 Å². The summed E-state index contributed by atoms with van der Waals surface area (Å²) in [6.45, 7) is 4.91. The highest BCUT2D eigenvalue weighted by molar-refractivity contribution is 5.39. The summed E-state index contributed by atoms with van der Waals surface area (Å²) in [5.41, 5.74) is 2.37. The van der Waals surface area contributed by atoms with Crippen LogP contribution >= 0.6 is 0 Å². The Hall–Kier alpha value is -1.06. The minimum absolute atomic E-state index is 0.183. The summed E-state index contributed by atoms with van der Waals surface area (Å²) in [7, 11) is 4.05. The molecule has 1 rings (SSSR count). The van der Waals surface area contributed by atoms with Crippen LogP contribution in [0.5, 0.6) is 5.75 Å². The Morgan fingerprint density at radius 3 is 2.59 bits per heavy atom. The van der Waals surface area contributed by atoms with E-state index >= 15 is 0 Å². The Kier molecular flexibility index (Phi) is 5.45. The summed E-state index contributed by atoms with van der Waals surface area (Å²) in [5, 5.41) is 9.17. The van der Waals surface area contributed by atoms with Crippen LogP contribution in [0, 0.1) is 6.92 Å². The summed E-state index contributed by atoms with van der Waals surface area (Å²) < 4.78 is 5.66. The first-order chi connectivity index (χ1) is 8.10. The average Bonchev–Trinajstić information content (AvgIpc) is 2.28. The van der Waals surface area contributed by atoms with Crippen molar-refractivity contribution in [1.29, 1.82) is 0 Å². The molecule has 17 heavy (non-hydrogen) atoms. The fraction of sp³-hybridized carbons (Fsp3) is 0.571. The van der Waals surface area contributed by atoms with Crippen LogP contribution in [0.2, 0.25) is 0 Å². The van der Waals surface area contributed by atoms with Crippen LogP contribution in [-0.4, -0.2) is 37.3 Å². The van der Waals surface area contributed by atoms with E-state index in [4.69, 9.17) is 9.84 Å². The summed E-state index contributed by atoms with van der Waals surface area (Å²) in [5.74, 6) is 0.922. The lowest BCUT2D eigenvalue weighted by atomic mass is 10.00. The minimum atomic E-state index is 0.183. The molecule has 0 radical (unpaired) electrons. The van der Waals surface area contributed by atoms with Crippen molar-refractivity contribution in [1.82, 2.24) is 4.90 Å². The van der Waals surface area contributed by atoms with Gasteiger partial charge in [0.15, 0.2) is 0 Å². The van der Waals surface area contributed by atoms with Gasteiger partial charge in [0, 0.05) is 18.2 Å². The van der Waals surface area contributed by atoms with Crippen LogP contribution in [0.25, 0.3) is 0 Å². The molecule has 96 valence electrons. The lowest BCUT2D eigenvalue weighted by molar-refractivity contribution is 0.206. The van der Waals surface area contributed by atoms with E-state index in [0.717, 1.165) is 17.7 Å². The molecule has 0 saturated heterocycles. The molecular formula is C14H23NO2. The van der Waals surface area contributed by atoms with Gasteiger partial charge in [-0.15, -0.1) is 0 Å². The molecular weight excluding hydrogens is 214 g/mol. The standard InChI is InChI=1S/C14H23NO2/c1-5-17-14-7-6-11(2)10-12(14)13(8-9-16)15(3)4/h6-7,10,13,16H,5,8-9H2,1-4H3. The van der Waals surface area contributed by atoms with E-state index in [-0.39, 0.29) is 12.6 Å². The molecule has 0 aliphatic carbocycles. The van der Waals surface area contributed by atoms with Gasteiger partial charge < -0.3 is 14.7 Å². The lowest BCUT2D eigenvalue weighted by Crippen LogP contribution is -2.22. The van der Waals surface area contributed by atoms with Crippen LogP contribution in [0.1, 0.15) is 30.5 Å². The normalized spacial score (nSPS) is 12.8. The van der Waals surface area contributed by atoms with E-state index in [0.29, 0.717) is 6.61 Å². The van der Waals surface area contributed by atoms with Crippen molar-refractivity contribution < 1.29 is 9.84 Å². The van der Waals surface area contributed by atoms with Crippen molar-refractivity contribution in [3.63, 3.8) is 0 Å². The fourth-order valence-electron chi connectivity index (χ4n) is 2.03. The molecule has 1 N–H and O–H groups in total. The molecule has 3 heteroatoms. The Balaban J connectivity index is 3.09. The Labute approximate surface area is 104 Å². The number of benzene rings is 1. The van der Waals surface area contributed by atoms with Crippen molar-refractivity contribution in [2.75, 3.05) is 27.3 Å². The smallest absolute Gasteiger partial charge is 0.124 e. The molecule has 0 aliphatic heterocycles. The number of aliphatic hydroxyl groups excluding tert-OH is 1. The zero-order valence-electron chi connectivity index (χ0n) is 11.2. The Morgan fingerprint density at radius 1 is 1.35 bits per heavy atom. The summed E-state index contributed by atoms with van der Waals surface area (Å²) in [4.78, 5) is 2.12. The zero-order valence-corrected chi connectivity index (χ0v) is 11.2. The Bertz CT molecular complexity index is 350. The SMILES string of the molecule is CCOc1ccc(C)cc1C(CCO)N(C)C. The van der Waals surface area contributed by atoms with Crippen molar-refractivity contribution in [3.05, 3.63) is 29.3 Å². The molecule has 1 aromatic rings. The first-order valence-corrected chi connectivity index (χ1v) is 6.10. The first-order valence-electron chi connectivity index (χ1n) is 6.10. The molecule has 0 aliphatic rings. The largest absolute Gasteiger partial charge is 0.494 e. The second-order valence-electron chi connectivity index (χ2n) is 4.47. The van der Waals surface area contributed by atoms with E-state index in [9.17, 15) is 0 Å². The third-order valence-corrected chi connectivity index (χ3v) is 2.85. The number of hydrogen-bond acceptors (Lipinski definition) is 3. The monoisotopic (exact) mass is 237 g/mol. The highest BCUT2D eigenvalue weighted by Crippen LogP contribution is 2.31. The van der Waals surface area contributed by atoms with Crippen LogP contribution in [0.4, 0.5) is 0 Å². The van der Waals surface area contributed by atoms with E-state index in [1.807, 2.05) is 27.1 Å². The van der Waals surface area contributed by atoms with Crippen LogP contribution < -0.4 is 4.74 Å². The molecule has 0 amide bonds. The van der Waals surface area contributed by atoms with Gasteiger partial charge in [-0.25, -0.2) is 0 Å². The second kappa shape index (κ2) is 6.62. The van der Waals surface area contributed by atoms with Gasteiger partial charge in [-0.1, -0.05) is 17.7 Å². The van der Waals surface area contributed by atoms with Crippen molar-refractivity contribution in [2.45, 2.75) is 26.3 Å². The van der Waals surface area contributed by atoms with Crippen LogP contribution in [0.15, 0.2) is 18.2 Å². The topological polar surface area (TPSA) is 32.7 Å². The maximum absolute atomic E-state index is 9.17. The number of rotatable bonds is 6. The van der Waals surface area contributed by atoms with E-state index in [2.05, 4.69) is 24.0 Å². The summed E-state index contributed by atoms with van der Waals surface area (Å²) in [6.07, 6.45) is 0.719. The third kappa shape index (κ3) is 3.72. The molecule has 0 bridgehead atoms. The van der Waals surface area contributed by atoms with E-state index < -0.39 is 0 Å². The lowest BCUT2D eigenvalue weighted by Gasteiger charge is -2.26. The maximum atomic E-state index is 9.17. The van der Waals surface area contributed by atoms with Crippen molar-refractivity contribution in [2.24, 2.45) is 0 Å². The molecule has 1 aromatic carbocycles. The number of aliphatic hydroxyl groups is 1. The predicted octanol–water partition coefficient (Wildman–Crippen LogP) is 2.38. The van der Waals surface area contributed by atoms with Gasteiger partial charge in [0.05, 0.1) is 6.61 Å². The number of aryl methyl sites for hydroxylation is 1. The van der Waals surface area contributed by atoms with Gasteiger partial charge in [-0.3, -0.25) is 0 Å². The maximum Gasteiger partial charge on any atom is 0.124 e. The molecule has 0 fully saturated rings. The van der Waals surface area contributed by atoms with Crippen molar-refractivity contribution >= 4 is 0 Å². The summed E-state index contributed by atoms with van der Waals surface area (Å²) >= 11 is 0. The Morgan fingerprint density at radius 2 is 2.06 bits per heavy atom. The quantitative estimate of drug-likeness (QED) is 0.824. The zero-order chi connectivity index (χ0) is 12.8.